The molecule has 4 rings (SSSR count). The molecule has 0 saturated carbocycles. The van der Waals surface area contributed by atoms with Crippen LogP contribution in [0.3, 0.4) is 0 Å². The molecule has 5 heteroatoms. The van der Waals surface area contributed by atoms with Gasteiger partial charge in [0.1, 0.15) is 0 Å². The van der Waals surface area contributed by atoms with Crippen molar-refractivity contribution in [3.63, 3.8) is 0 Å². The number of benzene rings is 1. The summed E-state index contributed by atoms with van der Waals surface area (Å²) in [5.74, 6) is 0.137. The molecule has 1 spiro atoms. The molecule has 1 aromatic heterocycles. The van der Waals surface area contributed by atoms with Crippen LogP contribution in [0.15, 0.2) is 47.2 Å². The summed E-state index contributed by atoms with van der Waals surface area (Å²) in [6, 6.07) is 12.5. The van der Waals surface area contributed by atoms with Gasteiger partial charge < -0.3 is 15.0 Å². The fraction of sp³-hybridized carbons (Fsp3) is 0.421. The van der Waals surface area contributed by atoms with Gasteiger partial charge in [0.25, 0.3) is 5.91 Å². The predicted octanol–water partition coefficient (Wildman–Crippen LogP) is 3.62. The Labute approximate surface area is 146 Å². The Morgan fingerprint density at radius 2 is 2.17 bits per heavy atom. The lowest BCUT2D eigenvalue weighted by Crippen LogP contribution is -2.50. The largest absolute Gasteiger partial charge is 0.380 e. The minimum Gasteiger partial charge on any atom is -0.380 e. The highest BCUT2D eigenvalue weighted by molar-refractivity contribution is 7.08. The molecular weight excluding hydrogens is 320 g/mol. The normalized spacial score (nSPS) is 26.7. The van der Waals surface area contributed by atoms with Crippen LogP contribution in [-0.4, -0.2) is 42.1 Å². The first-order chi connectivity index (χ1) is 11.7. The van der Waals surface area contributed by atoms with E-state index in [0.717, 1.165) is 37.1 Å². The van der Waals surface area contributed by atoms with Crippen LogP contribution in [0, 0.1) is 0 Å². The summed E-state index contributed by atoms with van der Waals surface area (Å²) in [6.45, 7) is 2.24. The van der Waals surface area contributed by atoms with Crippen molar-refractivity contribution in [2.45, 2.75) is 30.9 Å². The molecule has 3 heterocycles. The molecule has 2 aromatic rings. The number of rotatable bonds is 3. The van der Waals surface area contributed by atoms with Crippen LogP contribution < -0.4 is 5.32 Å². The average Bonchev–Trinajstić information content (AvgIpc) is 3.26. The molecule has 0 bridgehead atoms. The van der Waals surface area contributed by atoms with Gasteiger partial charge >= 0.3 is 0 Å². The zero-order chi connectivity index (χ0) is 16.4. The summed E-state index contributed by atoms with van der Waals surface area (Å²) in [5, 5.41) is 7.44. The van der Waals surface area contributed by atoms with Crippen molar-refractivity contribution in [1.29, 1.82) is 0 Å². The maximum atomic E-state index is 12.6. The lowest BCUT2D eigenvalue weighted by atomic mass is 9.88. The Hall–Kier alpha value is -1.85. The van der Waals surface area contributed by atoms with Gasteiger partial charge in [-0.3, -0.25) is 4.79 Å². The van der Waals surface area contributed by atoms with Gasteiger partial charge in [-0.25, -0.2) is 0 Å². The molecule has 24 heavy (non-hydrogen) atoms. The molecule has 2 saturated heterocycles. The molecule has 2 fully saturated rings. The second kappa shape index (κ2) is 6.57. The van der Waals surface area contributed by atoms with E-state index in [4.69, 9.17) is 4.74 Å². The van der Waals surface area contributed by atoms with Gasteiger partial charge in [0, 0.05) is 24.0 Å². The number of thiophene rings is 1. The number of anilines is 1. The lowest BCUT2D eigenvalue weighted by Gasteiger charge is -2.39. The van der Waals surface area contributed by atoms with Crippen LogP contribution in [-0.2, 0) is 4.74 Å². The van der Waals surface area contributed by atoms with E-state index >= 15 is 0 Å². The van der Waals surface area contributed by atoms with Gasteiger partial charge in [-0.2, -0.15) is 11.3 Å². The van der Waals surface area contributed by atoms with Crippen molar-refractivity contribution < 1.29 is 9.53 Å². The van der Waals surface area contributed by atoms with Crippen LogP contribution in [0.5, 0.6) is 0 Å². The van der Waals surface area contributed by atoms with Crippen LogP contribution in [0.2, 0.25) is 0 Å². The number of nitrogens with zero attached hydrogens (tertiary/aromatic N) is 1. The number of hydrogen-bond acceptors (Lipinski definition) is 4. The fourth-order valence-electron chi connectivity index (χ4n) is 3.83. The number of para-hydroxylation sites is 1. The molecule has 1 aromatic carbocycles. The molecule has 0 radical (unpaired) electrons. The lowest BCUT2D eigenvalue weighted by molar-refractivity contribution is -0.0447. The van der Waals surface area contributed by atoms with E-state index in [1.165, 1.54) is 0 Å². The number of piperidine rings is 1. The summed E-state index contributed by atoms with van der Waals surface area (Å²) < 4.78 is 6.21. The number of ether oxygens (including phenoxy) is 1. The standard InChI is InChI=1S/C19H22N2O2S/c22-18(15-7-10-24-13-15)21-9-4-8-19(14-21)11-17(12-23-19)20-16-5-2-1-3-6-16/h1-3,5-7,10,13,17,20H,4,8-9,11-12,14H2. The second-order valence-electron chi connectivity index (χ2n) is 6.75. The molecule has 0 aliphatic carbocycles. The third-order valence-electron chi connectivity index (χ3n) is 4.95. The SMILES string of the molecule is O=C(c1ccsc1)N1CCCC2(CC(Nc3ccccc3)CO2)C1. The number of likely N-dealkylation sites (tertiary alicyclic amines) is 1. The molecule has 2 aliphatic heterocycles. The first-order valence-electron chi connectivity index (χ1n) is 8.51. The van der Waals surface area contributed by atoms with Gasteiger partial charge in [-0.1, -0.05) is 18.2 Å². The van der Waals surface area contributed by atoms with Gasteiger partial charge in [-0.05, 0) is 36.4 Å². The third kappa shape index (κ3) is 3.19. The monoisotopic (exact) mass is 342 g/mol. The molecule has 2 unspecified atom stereocenters. The first-order valence-corrected chi connectivity index (χ1v) is 9.45. The van der Waals surface area contributed by atoms with E-state index in [1.54, 1.807) is 11.3 Å². The van der Waals surface area contributed by atoms with Crippen molar-refractivity contribution in [2.75, 3.05) is 25.0 Å². The Bertz CT molecular complexity index is 689. The van der Waals surface area contributed by atoms with Crippen LogP contribution in [0.25, 0.3) is 0 Å². The quantitative estimate of drug-likeness (QED) is 0.926. The number of hydrogen-bond donors (Lipinski definition) is 1. The van der Waals surface area contributed by atoms with Crippen molar-refractivity contribution >= 4 is 22.9 Å². The molecule has 2 aliphatic rings. The Morgan fingerprint density at radius 1 is 1.29 bits per heavy atom. The van der Waals surface area contributed by atoms with Crippen LogP contribution >= 0.6 is 11.3 Å². The maximum absolute atomic E-state index is 12.6. The molecule has 4 nitrogen and oxygen atoms in total. The van der Waals surface area contributed by atoms with E-state index in [1.807, 2.05) is 39.9 Å². The highest BCUT2D eigenvalue weighted by atomic mass is 32.1. The van der Waals surface area contributed by atoms with Gasteiger partial charge in [0.05, 0.1) is 30.4 Å². The zero-order valence-corrected chi connectivity index (χ0v) is 14.4. The van der Waals surface area contributed by atoms with Gasteiger partial charge in [0.15, 0.2) is 0 Å². The fourth-order valence-corrected chi connectivity index (χ4v) is 4.46. The highest BCUT2D eigenvalue weighted by Crippen LogP contribution is 2.36. The van der Waals surface area contributed by atoms with Crippen LogP contribution in [0.1, 0.15) is 29.6 Å². The maximum Gasteiger partial charge on any atom is 0.254 e. The molecular formula is C19H22N2O2S. The van der Waals surface area contributed by atoms with E-state index in [-0.39, 0.29) is 11.5 Å². The number of amides is 1. The minimum atomic E-state index is -0.184. The van der Waals surface area contributed by atoms with Crippen molar-refractivity contribution in [3.05, 3.63) is 52.7 Å². The van der Waals surface area contributed by atoms with Crippen molar-refractivity contribution in [1.82, 2.24) is 4.90 Å². The minimum absolute atomic E-state index is 0.137. The second-order valence-corrected chi connectivity index (χ2v) is 7.53. The summed E-state index contributed by atoms with van der Waals surface area (Å²) in [4.78, 5) is 14.6. The van der Waals surface area contributed by atoms with Crippen LogP contribution in [0.4, 0.5) is 5.69 Å². The molecule has 126 valence electrons. The predicted molar refractivity (Wildman–Crippen MR) is 96.6 cm³/mol. The van der Waals surface area contributed by atoms with Crippen molar-refractivity contribution in [2.24, 2.45) is 0 Å². The van der Waals surface area contributed by atoms with E-state index in [9.17, 15) is 4.79 Å². The van der Waals surface area contributed by atoms with E-state index in [0.29, 0.717) is 19.2 Å². The first kappa shape index (κ1) is 15.7. The Balaban J connectivity index is 1.41. The van der Waals surface area contributed by atoms with E-state index < -0.39 is 0 Å². The Kier molecular flexibility index (Phi) is 4.29. The highest BCUT2D eigenvalue weighted by Gasteiger charge is 2.44. The summed E-state index contributed by atoms with van der Waals surface area (Å²) >= 11 is 1.57. The number of carbonyl (C=O) groups excluding carboxylic acids is 1. The zero-order valence-electron chi connectivity index (χ0n) is 13.6. The number of carbonyl (C=O) groups is 1. The van der Waals surface area contributed by atoms with Crippen molar-refractivity contribution in [3.8, 4) is 0 Å². The number of nitrogens with one attached hydrogen (secondary N) is 1. The third-order valence-corrected chi connectivity index (χ3v) is 5.63. The molecule has 1 N–H and O–H groups in total. The summed E-state index contributed by atoms with van der Waals surface area (Å²) in [7, 11) is 0. The molecule has 2 atom stereocenters. The van der Waals surface area contributed by atoms with Gasteiger partial charge in [0.2, 0.25) is 0 Å². The van der Waals surface area contributed by atoms with Gasteiger partial charge in [-0.15, -0.1) is 0 Å². The summed E-state index contributed by atoms with van der Waals surface area (Å²) in [5.41, 5.74) is 1.75. The molecule has 1 amide bonds. The Morgan fingerprint density at radius 3 is 2.96 bits per heavy atom. The topological polar surface area (TPSA) is 41.6 Å². The smallest absolute Gasteiger partial charge is 0.254 e. The van der Waals surface area contributed by atoms with E-state index in [2.05, 4.69) is 17.4 Å². The average molecular weight is 342 g/mol. The summed E-state index contributed by atoms with van der Waals surface area (Å²) in [6.07, 6.45) is 3.00.